The van der Waals surface area contributed by atoms with Crippen LogP contribution >= 0.6 is 12.2 Å². The van der Waals surface area contributed by atoms with E-state index in [1.165, 1.54) is 5.57 Å². The van der Waals surface area contributed by atoms with Crippen LogP contribution in [0.3, 0.4) is 0 Å². The van der Waals surface area contributed by atoms with Crippen molar-refractivity contribution in [2.24, 2.45) is 5.92 Å². The molecule has 0 fully saturated rings. The van der Waals surface area contributed by atoms with Crippen molar-refractivity contribution in [3.05, 3.63) is 23.5 Å². The van der Waals surface area contributed by atoms with E-state index in [0.717, 1.165) is 31.6 Å². The molecule has 0 bridgehead atoms. The Morgan fingerprint density at radius 1 is 1.30 bits per heavy atom. The molecular formula is C17H28O2S. The van der Waals surface area contributed by atoms with Gasteiger partial charge in [0.15, 0.2) is 0 Å². The minimum atomic E-state index is -0.0897. The van der Waals surface area contributed by atoms with E-state index in [2.05, 4.69) is 46.8 Å². The fourth-order valence-electron chi connectivity index (χ4n) is 2.12. The van der Waals surface area contributed by atoms with Crippen molar-refractivity contribution in [1.82, 2.24) is 0 Å². The van der Waals surface area contributed by atoms with Gasteiger partial charge in [-0.05, 0) is 45.3 Å². The predicted octanol–water partition coefficient (Wildman–Crippen LogP) is 4.84. The monoisotopic (exact) mass is 296 g/mol. The highest BCUT2D eigenvalue weighted by molar-refractivity contribution is 7.79. The summed E-state index contributed by atoms with van der Waals surface area (Å²) in [7, 11) is 0. The maximum atomic E-state index is 6.15. The second-order valence-corrected chi connectivity index (χ2v) is 6.69. The molecule has 0 saturated carbocycles. The molecule has 0 spiro atoms. The van der Waals surface area contributed by atoms with Gasteiger partial charge < -0.3 is 9.47 Å². The van der Waals surface area contributed by atoms with Crippen LogP contribution in [-0.4, -0.2) is 23.7 Å². The SMILES string of the molecule is CCC(OC1=CC=C(C=S)CC1)C(C)COC(C)(C)C. The van der Waals surface area contributed by atoms with Crippen molar-refractivity contribution in [3.63, 3.8) is 0 Å². The quantitative estimate of drug-likeness (QED) is 0.626. The van der Waals surface area contributed by atoms with Gasteiger partial charge in [-0.25, -0.2) is 0 Å². The Balaban J connectivity index is 2.52. The maximum absolute atomic E-state index is 6.15. The van der Waals surface area contributed by atoms with Crippen LogP contribution in [0.4, 0.5) is 0 Å². The molecule has 0 saturated heterocycles. The fourth-order valence-corrected chi connectivity index (χ4v) is 2.31. The lowest BCUT2D eigenvalue weighted by atomic mass is 10.0. The largest absolute Gasteiger partial charge is 0.494 e. The molecule has 0 aromatic heterocycles. The molecule has 2 atom stereocenters. The lowest BCUT2D eigenvalue weighted by molar-refractivity contribution is -0.0508. The highest BCUT2D eigenvalue weighted by Gasteiger charge is 2.21. The van der Waals surface area contributed by atoms with Gasteiger partial charge in [0.2, 0.25) is 0 Å². The maximum Gasteiger partial charge on any atom is 0.103 e. The standard InChI is InChI=1S/C17H28O2S/c1-6-16(13(2)11-18-17(3,4)5)19-15-9-7-14(12-20)8-10-15/h7,9,12-13,16H,6,8,10-11H2,1-5H3. The Labute approximate surface area is 129 Å². The summed E-state index contributed by atoms with van der Waals surface area (Å²) in [5, 5.41) is 1.75. The van der Waals surface area contributed by atoms with Crippen molar-refractivity contribution < 1.29 is 9.47 Å². The van der Waals surface area contributed by atoms with Crippen LogP contribution in [0, 0.1) is 5.92 Å². The molecule has 2 unspecified atom stereocenters. The summed E-state index contributed by atoms with van der Waals surface area (Å²) in [5.41, 5.74) is 1.12. The van der Waals surface area contributed by atoms with Crippen LogP contribution in [0.2, 0.25) is 0 Å². The first kappa shape index (κ1) is 17.4. The van der Waals surface area contributed by atoms with E-state index >= 15 is 0 Å². The minimum Gasteiger partial charge on any atom is -0.494 e. The van der Waals surface area contributed by atoms with Gasteiger partial charge in [0.25, 0.3) is 0 Å². The van der Waals surface area contributed by atoms with E-state index < -0.39 is 0 Å². The molecular weight excluding hydrogens is 268 g/mol. The molecule has 2 nitrogen and oxygen atoms in total. The molecule has 0 aliphatic heterocycles. The Kier molecular flexibility index (Phi) is 6.90. The van der Waals surface area contributed by atoms with Crippen molar-refractivity contribution in [2.45, 2.75) is 65.6 Å². The number of allylic oxidation sites excluding steroid dienone is 4. The third-order valence-electron chi connectivity index (χ3n) is 3.41. The predicted molar refractivity (Wildman–Crippen MR) is 89.1 cm³/mol. The van der Waals surface area contributed by atoms with Crippen LogP contribution in [0.15, 0.2) is 23.5 Å². The van der Waals surface area contributed by atoms with E-state index in [9.17, 15) is 0 Å². The third-order valence-corrected chi connectivity index (χ3v) is 3.72. The first-order valence-electron chi connectivity index (χ1n) is 7.51. The minimum absolute atomic E-state index is 0.0897. The topological polar surface area (TPSA) is 18.5 Å². The number of ether oxygens (including phenoxy) is 2. The summed E-state index contributed by atoms with van der Waals surface area (Å²) in [6.45, 7) is 11.4. The smallest absolute Gasteiger partial charge is 0.103 e. The highest BCUT2D eigenvalue weighted by atomic mass is 32.1. The number of thiocarbonyl (C=S) groups is 1. The van der Waals surface area contributed by atoms with Gasteiger partial charge in [0.05, 0.1) is 18.0 Å². The van der Waals surface area contributed by atoms with Crippen molar-refractivity contribution in [1.29, 1.82) is 0 Å². The van der Waals surface area contributed by atoms with Gasteiger partial charge >= 0.3 is 0 Å². The van der Waals surface area contributed by atoms with Gasteiger partial charge in [-0.15, -0.1) is 0 Å². The third kappa shape index (κ3) is 6.19. The van der Waals surface area contributed by atoms with Gasteiger partial charge in [-0.3, -0.25) is 0 Å². The van der Waals surface area contributed by atoms with Gasteiger partial charge in [0, 0.05) is 17.7 Å². The van der Waals surface area contributed by atoms with Gasteiger partial charge in [-0.1, -0.05) is 32.1 Å². The molecule has 20 heavy (non-hydrogen) atoms. The molecule has 0 aromatic rings. The summed E-state index contributed by atoms with van der Waals surface area (Å²) in [5.74, 6) is 1.45. The molecule has 0 amide bonds. The molecule has 1 aliphatic carbocycles. The lowest BCUT2D eigenvalue weighted by Crippen LogP contribution is -2.29. The average Bonchev–Trinajstić information content (AvgIpc) is 2.42. The van der Waals surface area contributed by atoms with E-state index in [1.54, 1.807) is 5.37 Å². The molecule has 0 aromatic carbocycles. The van der Waals surface area contributed by atoms with Crippen LogP contribution in [-0.2, 0) is 9.47 Å². The summed E-state index contributed by atoms with van der Waals surface area (Å²) in [6.07, 6.45) is 7.26. The molecule has 0 heterocycles. The molecule has 1 rings (SSSR count). The zero-order valence-corrected chi connectivity index (χ0v) is 14.3. The van der Waals surface area contributed by atoms with Crippen LogP contribution in [0.5, 0.6) is 0 Å². The summed E-state index contributed by atoms with van der Waals surface area (Å²) >= 11 is 4.95. The summed E-state index contributed by atoms with van der Waals surface area (Å²) in [6, 6.07) is 0. The lowest BCUT2D eigenvalue weighted by Gasteiger charge is -2.29. The number of rotatable bonds is 7. The number of hydrogen-bond donors (Lipinski definition) is 0. The molecule has 114 valence electrons. The molecule has 1 aliphatic rings. The highest BCUT2D eigenvalue weighted by Crippen LogP contribution is 2.24. The van der Waals surface area contributed by atoms with Crippen LogP contribution in [0.1, 0.15) is 53.9 Å². The number of hydrogen-bond acceptors (Lipinski definition) is 3. The Morgan fingerprint density at radius 3 is 2.45 bits per heavy atom. The second-order valence-electron chi connectivity index (χ2n) is 6.46. The zero-order valence-electron chi connectivity index (χ0n) is 13.4. The first-order valence-corrected chi connectivity index (χ1v) is 7.98. The Morgan fingerprint density at radius 2 is 2.00 bits per heavy atom. The van der Waals surface area contributed by atoms with Gasteiger partial charge in [-0.2, -0.15) is 0 Å². The van der Waals surface area contributed by atoms with E-state index in [-0.39, 0.29) is 11.7 Å². The Hall–Kier alpha value is -0.670. The summed E-state index contributed by atoms with van der Waals surface area (Å²) < 4.78 is 12.0. The molecule has 0 radical (unpaired) electrons. The second kappa shape index (κ2) is 7.94. The van der Waals surface area contributed by atoms with Crippen molar-refractivity contribution >= 4 is 17.6 Å². The molecule has 0 N–H and O–H groups in total. The van der Waals surface area contributed by atoms with E-state index in [0.29, 0.717) is 5.92 Å². The molecule has 3 heteroatoms. The average molecular weight is 296 g/mol. The normalized spacial score (nSPS) is 18.9. The van der Waals surface area contributed by atoms with Gasteiger partial charge in [0.1, 0.15) is 6.10 Å². The Bertz CT molecular complexity index is 377. The first-order chi connectivity index (χ1) is 9.35. The van der Waals surface area contributed by atoms with E-state index in [1.807, 2.05) is 0 Å². The van der Waals surface area contributed by atoms with Crippen molar-refractivity contribution in [2.75, 3.05) is 6.61 Å². The summed E-state index contributed by atoms with van der Waals surface area (Å²) in [4.78, 5) is 0. The zero-order chi connectivity index (χ0) is 15.2. The van der Waals surface area contributed by atoms with Crippen LogP contribution in [0.25, 0.3) is 0 Å². The fraction of sp³-hybridized carbons (Fsp3) is 0.706. The van der Waals surface area contributed by atoms with Crippen molar-refractivity contribution in [3.8, 4) is 0 Å². The van der Waals surface area contributed by atoms with E-state index in [4.69, 9.17) is 21.7 Å². The van der Waals surface area contributed by atoms with Crippen LogP contribution < -0.4 is 0 Å².